The molecule has 8 heteroatoms. The smallest absolute Gasteiger partial charge is 0.255 e. The van der Waals surface area contributed by atoms with E-state index in [2.05, 4.69) is 10.2 Å². The van der Waals surface area contributed by atoms with E-state index in [0.29, 0.717) is 37.5 Å². The number of sulfone groups is 1. The van der Waals surface area contributed by atoms with Crippen LogP contribution in [0.2, 0.25) is 0 Å². The van der Waals surface area contributed by atoms with Crippen LogP contribution in [0.1, 0.15) is 56.0 Å². The highest BCUT2D eigenvalue weighted by Gasteiger charge is 2.40. The van der Waals surface area contributed by atoms with Crippen LogP contribution in [0.3, 0.4) is 0 Å². The number of ether oxygens (including phenoxy) is 1. The van der Waals surface area contributed by atoms with E-state index < -0.39 is 15.4 Å². The zero-order chi connectivity index (χ0) is 19.9. The molecule has 3 heterocycles. The summed E-state index contributed by atoms with van der Waals surface area (Å²) < 4.78 is 35.1. The predicted octanol–water partition coefficient (Wildman–Crippen LogP) is 1.72. The summed E-state index contributed by atoms with van der Waals surface area (Å²) in [5.41, 5.74) is -0.457. The van der Waals surface area contributed by atoms with E-state index in [4.69, 9.17) is 9.15 Å². The van der Waals surface area contributed by atoms with Crippen LogP contribution in [0.25, 0.3) is 0 Å². The quantitative estimate of drug-likeness (QED) is 0.831. The van der Waals surface area contributed by atoms with Crippen molar-refractivity contribution in [1.29, 1.82) is 0 Å². The molecule has 2 fully saturated rings. The highest BCUT2D eigenvalue weighted by atomic mass is 32.2. The van der Waals surface area contributed by atoms with Gasteiger partial charge >= 0.3 is 0 Å². The molecule has 2 aliphatic heterocycles. The number of morpholine rings is 1. The van der Waals surface area contributed by atoms with E-state index in [9.17, 15) is 13.2 Å². The predicted molar refractivity (Wildman–Crippen MR) is 103 cm³/mol. The van der Waals surface area contributed by atoms with Crippen molar-refractivity contribution in [2.75, 3.05) is 37.8 Å². The third-order valence-electron chi connectivity index (χ3n) is 5.18. The SMILES string of the molecule is CC(C)(C)c1cc(C(=O)N[C@]2(C)CCS(=O)(=O)C2)c(CN2CCOCC2)o1. The maximum Gasteiger partial charge on any atom is 0.255 e. The van der Waals surface area contributed by atoms with E-state index in [0.717, 1.165) is 18.8 Å². The molecule has 1 atom stereocenters. The first-order valence-corrected chi connectivity index (χ1v) is 11.3. The number of rotatable bonds is 4. The summed E-state index contributed by atoms with van der Waals surface area (Å²) in [6.45, 7) is 11.4. The van der Waals surface area contributed by atoms with Gasteiger partial charge in [0.05, 0.1) is 42.4 Å². The Morgan fingerprint density at radius 2 is 1.96 bits per heavy atom. The van der Waals surface area contributed by atoms with E-state index in [-0.39, 0.29) is 22.8 Å². The van der Waals surface area contributed by atoms with Crippen LogP contribution in [0, 0.1) is 0 Å². The van der Waals surface area contributed by atoms with E-state index in [1.54, 1.807) is 13.0 Å². The second-order valence-corrected chi connectivity index (χ2v) is 11.1. The van der Waals surface area contributed by atoms with Crippen LogP contribution in [0.15, 0.2) is 10.5 Å². The third-order valence-corrected chi connectivity index (χ3v) is 7.09. The van der Waals surface area contributed by atoms with Crippen LogP contribution in [0.4, 0.5) is 0 Å². The minimum Gasteiger partial charge on any atom is -0.463 e. The van der Waals surface area contributed by atoms with Crippen molar-refractivity contribution in [2.24, 2.45) is 0 Å². The summed E-state index contributed by atoms with van der Waals surface area (Å²) in [6.07, 6.45) is 0.434. The highest BCUT2D eigenvalue weighted by molar-refractivity contribution is 7.91. The molecular weight excluding hydrogens is 368 g/mol. The molecule has 1 amide bonds. The topological polar surface area (TPSA) is 88.9 Å². The van der Waals surface area contributed by atoms with Crippen molar-refractivity contribution in [1.82, 2.24) is 10.2 Å². The maximum absolute atomic E-state index is 13.0. The molecule has 27 heavy (non-hydrogen) atoms. The van der Waals surface area contributed by atoms with Gasteiger partial charge in [0, 0.05) is 18.5 Å². The number of carbonyl (C=O) groups is 1. The van der Waals surface area contributed by atoms with Crippen LogP contribution < -0.4 is 5.32 Å². The van der Waals surface area contributed by atoms with Crippen molar-refractivity contribution < 1.29 is 22.4 Å². The van der Waals surface area contributed by atoms with Gasteiger partial charge in [-0.2, -0.15) is 0 Å². The van der Waals surface area contributed by atoms with Gasteiger partial charge in [0.15, 0.2) is 9.84 Å². The molecule has 7 nitrogen and oxygen atoms in total. The van der Waals surface area contributed by atoms with Crippen molar-refractivity contribution in [2.45, 2.75) is 51.6 Å². The molecule has 0 aliphatic carbocycles. The molecule has 1 aromatic heterocycles. The molecular formula is C19H30N2O5S. The lowest BCUT2D eigenvalue weighted by Gasteiger charge is -2.26. The second-order valence-electron chi connectivity index (χ2n) is 8.94. The summed E-state index contributed by atoms with van der Waals surface area (Å²) >= 11 is 0. The second kappa shape index (κ2) is 7.22. The molecule has 3 rings (SSSR count). The number of hydrogen-bond donors (Lipinski definition) is 1. The van der Waals surface area contributed by atoms with Crippen LogP contribution in [-0.4, -0.2) is 62.6 Å². The Hall–Kier alpha value is -1.38. The lowest BCUT2D eigenvalue weighted by atomic mass is 9.93. The summed E-state index contributed by atoms with van der Waals surface area (Å²) in [7, 11) is -3.09. The van der Waals surface area contributed by atoms with E-state index >= 15 is 0 Å². The van der Waals surface area contributed by atoms with Gasteiger partial charge < -0.3 is 14.5 Å². The highest BCUT2D eigenvalue weighted by Crippen LogP contribution is 2.30. The Kier molecular flexibility index (Phi) is 5.44. The first-order chi connectivity index (χ1) is 12.5. The van der Waals surface area contributed by atoms with Gasteiger partial charge in [-0.05, 0) is 19.4 Å². The van der Waals surface area contributed by atoms with Gasteiger partial charge in [-0.3, -0.25) is 9.69 Å². The Balaban J connectivity index is 1.83. The molecule has 0 radical (unpaired) electrons. The summed E-state index contributed by atoms with van der Waals surface area (Å²) in [5, 5.41) is 2.95. The van der Waals surface area contributed by atoms with Gasteiger partial charge in [-0.15, -0.1) is 0 Å². The molecule has 1 aromatic rings. The normalized spacial score (nSPS) is 26.2. The van der Waals surface area contributed by atoms with Crippen molar-refractivity contribution in [3.8, 4) is 0 Å². The van der Waals surface area contributed by atoms with E-state index in [1.807, 2.05) is 20.8 Å². The molecule has 1 N–H and O–H groups in total. The molecule has 0 aromatic carbocycles. The fourth-order valence-corrected chi connectivity index (χ4v) is 5.61. The minimum absolute atomic E-state index is 0.0193. The Labute approximate surface area is 161 Å². The van der Waals surface area contributed by atoms with Gasteiger partial charge in [-0.1, -0.05) is 20.8 Å². The van der Waals surface area contributed by atoms with Gasteiger partial charge in [-0.25, -0.2) is 8.42 Å². The number of nitrogens with one attached hydrogen (secondary N) is 1. The summed E-state index contributed by atoms with van der Waals surface area (Å²) in [4.78, 5) is 15.2. The van der Waals surface area contributed by atoms with Gasteiger partial charge in [0.25, 0.3) is 5.91 Å². The first-order valence-electron chi connectivity index (χ1n) is 9.44. The lowest BCUT2D eigenvalue weighted by molar-refractivity contribution is 0.0309. The number of furan rings is 1. The number of carbonyl (C=O) groups excluding carboxylic acids is 1. The monoisotopic (exact) mass is 398 g/mol. The third kappa shape index (κ3) is 4.92. The molecule has 152 valence electrons. The zero-order valence-electron chi connectivity index (χ0n) is 16.6. The number of nitrogens with zero attached hydrogens (tertiary/aromatic N) is 1. The largest absolute Gasteiger partial charge is 0.463 e. The fourth-order valence-electron chi connectivity index (χ4n) is 3.52. The standard InChI is InChI=1S/C19H30N2O5S/c1-18(2,3)16-11-14(15(26-16)12-21-6-8-25-9-7-21)17(22)20-19(4)5-10-27(23,24)13-19/h11H,5-10,12-13H2,1-4H3,(H,20,22)/t19-/m1/s1. The maximum atomic E-state index is 13.0. The van der Waals surface area contributed by atoms with Crippen LogP contribution >= 0.6 is 0 Å². The average molecular weight is 399 g/mol. The lowest BCUT2D eigenvalue weighted by Crippen LogP contribution is -2.47. The summed E-state index contributed by atoms with van der Waals surface area (Å²) in [6, 6.07) is 1.80. The average Bonchev–Trinajstić information content (AvgIpc) is 3.09. The Morgan fingerprint density at radius 3 is 2.52 bits per heavy atom. The van der Waals surface area contributed by atoms with Crippen molar-refractivity contribution in [3.63, 3.8) is 0 Å². The summed E-state index contributed by atoms with van der Waals surface area (Å²) in [5.74, 6) is 1.21. The fraction of sp³-hybridized carbons (Fsp3) is 0.737. The Bertz CT molecular complexity index is 803. The minimum atomic E-state index is -3.09. The molecule has 0 saturated carbocycles. The zero-order valence-corrected chi connectivity index (χ0v) is 17.4. The first kappa shape index (κ1) is 20.4. The molecule has 0 bridgehead atoms. The van der Waals surface area contributed by atoms with Crippen LogP contribution in [-0.2, 0) is 26.5 Å². The Morgan fingerprint density at radius 1 is 1.30 bits per heavy atom. The van der Waals surface area contributed by atoms with Crippen LogP contribution in [0.5, 0.6) is 0 Å². The molecule has 2 aliphatic rings. The molecule has 0 spiro atoms. The molecule has 2 saturated heterocycles. The number of hydrogen-bond acceptors (Lipinski definition) is 6. The van der Waals surface area contributed by atoms with Crippen molar-refractivity contribution >= 4 is 15.7 Å². The molecule has 0 unspecified atom stereocenters. The number of amides is 1. The van der Waals surface area contributed by atoms with Gasteiger partial charge in [0.2, 0.25) is 0 Å². The van der Waals surface area contributed by atoms with E-state index in [1.165, 1.54) is 0 Å². The van der Waals surface area contributed by atoms with Gasteiger partial charge in [0.1, 0.15) is 11.5 Å². The van der Waals surface area contributed by atoms with Crippen molar-refractivity contribution in [3.05, 3.63) is 23.2 Å².